The minimum atomic E-state index is 0.187. The van der Waals surface area contributed by atoms with Crippen LogP contribution in [0, 0.1) is 0 Å². The van der Waals surface area contributed by atoms with E-state index in [2.05, 4.69) is 29.2 Å². The van der Waals surface area contributed by atoms with Gasteiger partial charge in [0.2, 0.25) is 0 Å². The summed E-state index contributed by atoms with van der Waals surface area (Å²) in [5.41, 5.74) is 8.18. The minimum Gasteiger partial charge on any atom is -0.380 e. The highest BCUT2D eigenvalue weighted by atomic mass is 16.5. The van der Waals surface area contributed by atoms with Gasteiger partial charge in [-0.1, -0.05) is 24.3 Å². The molecular weight excluding hydrogens is 228 g/mol. The van der Waals surface area contributed by atoms with Crippen LogP contribution in [0.3, 0.4) is 0 Å². The smallest absolute Gasteiger partial charge is 0.0824 e. The first-order valence-electron chi connectivity index (χ1n) is 6.42. The molecule has 1 atom stereocenters. The van der Waals surface area contributed by atoms with Gasteiger partial charge in [0.05, 0.1) is 19.3 Å². The van der Waals surface area contributed by atoms with E-state index in [1.165, 1.54) is 11.1 Å². The van der Waals surface area contributed by atoms with Crippen molar-refractivity contribution < 1.29 is 9.47 Å². The second-order valence-corrected chi connectivity index (χ2v) is 4.71. The molecule has 1 fully saturated rings. The summed E-state index contributed by atoms with van der Waals surface area (Å²) in [6.45, 7) is 4.93. The van der Waals surface area contributed by atoms with Crippen molar-refractivity contribution >= 4 is 0 Å². The topological polar surface area (TPSA) is 47.7 Å². The molecule has 2 rings (SSSR count). The molecule has 1 aliphatic heterocycles. The molecule has 0 saturated carbocycles. The molecule has 18 heavy (non-hydrogen) atoms. The molecular formula is C14H22N2O2. The van der Waals surface area contributed by atoms with Gasteiger partial charge in [0.1, 0.15) is 0 Å². The fraction of sp³-hybridized carbons (Fsp3) is 0.571. The monoisotopic (exact) mass is 250 g/mol. The maximum atomic E-state index is 5.65. The molecule has 1 unspecified atom stereocenters. The van der Waals surface area contributed by atoms with E-state index < -0.39 is 0 Å². The number of hydrogen-bond acceptors (Lipinski definition) is 4. The standard InChI is InChI=1S/C14H22N2O2/c1-17-11-13-4-2-12(3-5-13)9-16-6-7-18-14(8-15)10-16/h2-5,14H,6-11,15H2,1H3. The summed E-state index contributed by atoms with van der Waals surface area (Å²) < 4.78 is 10.7. The fourth-order valence-corrected chi connectivity index (χ4v) is 2.23. The Bertz CT molecular complexity index is 353. The van der Waals surface area contributed by atoms with Crippen molar-refractivity contribution in [3.8, 4) is 0 Å². The number of nitrogens with two attached hydrogens (primary N) is 1. The van der Waals surface area contributed by atoms with Gasteiger partial charge in [0.15, 0.2) is 0 Å². The Kier molecular flexibility index (Phi) is 5.13. The van der Waals surface area contributed by atoms with Crippen molar-refractivity contribution in [3.63, 3.8) is 0 Å². The van der Waals surface area contributed by atoms with Gasteiger partial charge in [0, 0.05) is 33.3 Å². The van der Waals surface area contributed by atoms with E-state index in [1.54, 1.807) is 7.11 Å². The van der Waals surface area contributed by atoms with Crippen LogP contribution in [0.5, 0.6) is 0 Å². The lowest BCUT2D eigenvalue weighted by atomic mass is 10.1. The first-order valence-corrected chi connectivity index (χ1v) is 6.42. The van der Waals surface area contributed by atoms with Crippen molar-refractivity contribution in [2.45, 2.75) is 19.3 Å². The number of nitrogens with zero attached hydrogens (tertiary/aromatic N) is 1. The predicted octanol–water partition coefficient (Wildman–Crippen LogP) is 0.993. The van der Waals surface area contributed by atoms with Gasteiger partial charge in [-0.3, -0.25) is 4.90 Å². The molecule has 100 valence electrons. The van der Waals surface area contributed by atoms with Crippen molar-refractivity contribution in [1.29, 1.82) is 0 Å². The van der Waals surface area contributed by atoms with Crippen LogP contribution in [0.1, 0.15) is 11.1 Å². The minimum absolute atomic E-state index is 0.187. The Labute approximate surface area is 109 Å². The summed E-state index contributed by atoms with van der Waals surface area (Å²) in [5, 5.41) is 0. The van der Waals surface area contributed by atoms with E-state index in [1.807, 2.05) is 0 Å². The summed E-state index contributed by atoms with van der Waals surface area (Å²) in [4.78, 5) is 2.40. The van der Waals surface area contributed by atoms with Crippen molar-refractivity contribution in [1.82, 2.24) is 4.90 Å². The first kappa shape index (κ1) is 13.5. The highest BCUT2D eigenvalue weighted by Gasteiger charge is 2.18. The molecule has 4 nitrogen and oxygen atoms in total. The van der Waals surface area contributed by atoms with Gasteiger partial charge in [-0.2, -0.15) is 0 Å². The highest BCUT2D eigenvalue weighted by molar-refractivity contribution is 5.22. The van der Waals surface area contributed by atoms with Crippen molar-refractivity contribution in [3.05, 3.63) is 35.4 Å². The summed E-state index contributed by atoms with van der Waals surface area (Å²) in [5.74, 6) is 0. The zero-order valence-corrected chi connectivity index (χ0v) is 11.0. The zero-order valence-electron chi connectivity index (χ0n) is 11.0. The summed E-state index contributed by atoms with van der Waals surface area (Å²) in [6, 6.07) is 8.59. The Balaban J connectivity index is 1.88. The highest BCUT2D eigenvalue weighted by Crippen LogP contribution is 2.11. The third-order valence-corrected chi connectivity index (χ3v) is 3.23. The molecule has 0 aliphatic carbocycles. The predicted molar refractivity (Wildman–Crippen MR) is 71.2 cm³/mol. The molecule has 1 aliphatic rings. The van der Waals surface area contributed by atoms with Gasteiger partial charge in [-0.05, 0) is 11.1 Å². The maximum absolute atomic E-state index is 5.65. The number of rotatable bonds is 5. The molecule has 4 heteroatoms. The fourth-order valence-electron chi connectivity index (χ4n) is 2.23. The van der Waals surface area contributed by atoms with Crippen LogP contribution in [0.15, 0.2) is 24.3 Å². The third kappa shape index (κ3) is 3.78. The van der Waals surface area contributed by atoms with Crippen LogP contribution in [0.2, 0.25) is 0 Å². The van der Waals surface area contributed by atoms with Crippen LogP contribution in [0.4, 0.5) is 0 Å². The Morgan fingerprint density at radius 1 is 1.33 bits per heavy atom. The van der Waals surface area contributed by atoms with E-state index in [0.717, 1.165) is 26.2 Å². The van der Waals surface area contributed by atoms with E-state index in [4.69, 9.17) is 15.2 Å². The lowest BCUT2D eigenvalue weighted by molar-refractivity contribution is -0.0260. The summed E-state index contributed by atoms with van der Waals surface area (Å²) >= 11 is 0. The second-order valence-electron chi connectivity index (χ2n) is 4.71. The Morgan fingerprint density at radius 3 is 2.72 bits per heavy atom. The number of morpholine rings is 1. The van der Waals surface area contributed by atoms with Crippen LogP contribution < -0.4 is 5.73 Å². The molecule has 1 aromatic rings. The molecule has 0 aromatic heterocycles. The van der Waals surface area contributed by atoms with E-state index in [-0.39, 0.29) is 6.10 Å². The van der Waals surface area contributed by atoms with Gasteiger partial charge in [-0.25, -0.2) is 0 Å². The summed E-state index contributed by atoms with van der Waals surface area (Å²) in [7, 11) is 1.72. The molecule has 0 bridgehead atoms. The van der Waals surface area contributed by atoms with E-state index >= 15 is 0 Å². The van der Waals surface area contributed by atoms with E-state index in [9.17, 15) is 0 Å². The van der Waals surface area contributed by atoms with E-state index in [0.29, 0.717) is 13.2 Å². The quantitative estimate of drug-likeness (QED) is 0.846. The van der Waals surface area contributed by atoms with Gasteiger partial charge in [-0.15, -0.1) is 0 Å². The number of ether oxygens (including phenoxy) is 2. The SMILES string of the molecule is COCc1ccc(CN2CCOC(CN)C2)cc1. The Hall–Kier alpha value is -0.940. The average molecular weight is 250 g/mol. The lowest BCUT2D eigenvalue weighted by Crippen LogP contribution is -2.45. The average Bonchev–Trinajstić information content (AvgIpc) is 2.42. The zero-order chi connectivity index (χ0) is 12.8. The molecule has 0 radical (unpaired) electrons. The second kappa shape index (κ2) is 6.85. The number of methoxy groups -OCH3 is 1. The van der Waals surface area contributed by atoms with Gasteiger partial charge < -0.3 is 15.2 Å². The van der Waals surface area contributed by atoms with Gasteiger partial charge >= 0.3 is 0 Å². The van der Waals surface area contributed by atoms with Crippen molar-refractivity contribution in [2.24, 2.45) is 5.73 Å². The molecule has 1 aromatic carbocycles. The van der Waals surface area contributed by atoms with Crippen LogP contribution >= 0.6 is 0 Å². The summed E-state index contributed by atoms with van der Waals surface area (Å²) in [6.07, 6.45) is 0.187. The number of hydrogen-bond donors (Lipinski definition) is 1. The Morgan fingerprint density at radius 2 is 2.06 bits per heavy atom. The molecule has 2 N–H and O–H groups in total. The van der Waals surface area contributed by atoms with Crippen LogP contribution in [-0.4, -0.2) is 44.4 Å². The van der Waals surface area contributed by atoms with Crippen molar-refractivity contribution in [2.75, 3.05) is 33.4 Å². The van der Waals surface area contributed by atoms with Crippen LogP contribution in [0.25, 0.3) is 0 Å². The maximum Gasteiger partial charge on any atom is 0.0824 e. The van der Waals surface area contributed by atoms with Crippen LogP contribution in [-0.2, 0) is 22.6 Å². The normalized spacial score (nSPS) is 21.1. The molecule has 0 amide bonds. The molecule has 1 saturated heterocycles. The first-order chi connectivity index (χ1) is 8.81. The largest absolute Gasteiger partial charge is 0.380 e. The molecule has 1 heterocycles. The molecule has 0 spiro atoms. The lowest BCUT2D eigenvalue weighted by Gasteiger charge is -2.32. The third-order valence-electron chi connectivity index (χ3n) is 3.23. The number of benzene rings is 1. The van der Waals surface area contributed by atoms with Gasteiger partial charge in [0.25, 0.3) is 0 Å².